The maximum Gasteiger partial charge on any atom is 0.335 e. The standard InChI is InChI=1S/C23H20N4O4S/c24-19-17(12-16-10-11-18(31-16)13-6-8-15(9-7-13)22(29)30)20(28)25-23-27(19)26-21(32-23)14-4-2-1-3-5-14/h6-12,24,26H,1-5H2,(H,29,30). The minimum atomic E-state index is -0.994. The highest BCUT2D eigenvalue weighted by atomic mass is 32.1. The van der Waals surface area contributed by atoms with Crippen LogP contribution in [0.25, 0.3) is 28.1 Å². The number of H-pyrrole nitrogens is 1. The molecule has 2 aliphatic heterocycles. The molecule has 2 aromatic rings. The molecule has 0 unspecified atom stereocenters. The number of carboxylic acids is 1. The molecule has 0 spiro atoms. The summed E-state index contributed by atoms with van der Waals surface area (Å²) in [5.74, 6) is -0.0506. The lowest BCUT2D eigenvalue weighted by Gasteiger charge is -2.11. The molecule has 0 bridgehead atoms. The number of aromatic carboxylic acids is 1. The molecule has 1 fully saturated rings. The Hall–Kier alpha value is -3.72. The predicted octanol–water partition coefficient (Wildman–Crippen LogP) is 2.44. The Morgan fingerprint density at radius 1 is 1.16 bits per heavy atom. The minimum Gasteiger partial charge on any atom is -0.478 e. The summed E-state index contributed by atoms with van der Waals surface area (Å²) in [6, 6.07) is 9.77. The van der Waals surface area contributed by atoms with E-state index in [-0.39, 0.29) is 16.3 Å². The zero-order valence-corrected chi connectivity index (χ0v) is 17.9. The molecular weight excluding hydrogens is 428 g/mol. The van der Waals surface area contributed by atoms with Gasteiger partial charge in [0, 0.05) is 5.56 Å². The molecule has 3 N–H and O–H groups in total. The minimum absolute atomic E-state index is 0.0303. The van der Waals surface area contributed by atoms with Crippen LogP contribution in [0.2, 0.25) is 0 Å². The fourth-order valence-electron chi connectivity index (χ4n) is 3.89. The largest absolute Gasteiger partial charge is 0.478 e. The molecule has 8 nitrogen and oxygen atoms in total. The van der Waals surface area contributed by atoms with E-state index < -0.39 is 11.5 Å². The lowest BCUT2D eigenvalue weighted by atomic mass is 9.96. The first-order valence-electron chi connectivity index (χ1n) is 10.3. The van der Waals surface area contributed by atoms with Gasteiger partial charge in [-0.2, -0.15) is 4.98 Å². The fraction of sp³-hybridized carbons (Fsp3) is 0.217. The molecule has 1 aromatic heterocycles. The van der Waals surface area contributed by atoms with Crippen molar-refractivity contribution in [3.05, 3.63) is 73.4 Å². The van der Waals surface area contributed by atoms with Crippen molar-refractivity contribution < 1.29 is 14.3 Å². The van der Waals surface area contributed by atoms with Gasteiger partial charge in [0.05, 0.1) is 10.8 Å². The molecule has 32 heavy (non-hydrogen) atoms. The second kappa shape index (κ2) is 8.08. The Bertz CT molecular complexity index is 1510. The number of rotatable bonds is 3. The second-order valence-corrected chi connectivity index (χ2v) is 8.71. The number of hydrogen-bond acceptors (Lipinski definition) is 6. The van der Waals surface area contributed by atoms with Crippen molar-refractivity contribution in [2.75, 3.05) is 0 Å². The van der Waals surface area contributed by atoms with Gasteiger partial charge < -0.3 is 9.52 Å². The Labute approximate surface area is 185 Å². The zero-order chi connectivity index (χ0) is 22.2. The number of aromatic nitrogens is 3. The normalized spacial score (nSPS) is 14.9. The molecule has 9 heteroatoms. The van der Waals surface area contributed by atoms with Crippen molar-refractivity contribution in [1.29, 1.82) is 5.41 Å². The molecule has 1 aromatic carbocycles. The van der Waals surface area contributed by atoms with E-state index in [1.54, 1.807) is 28.9 Å². The van der Waals surface area contributed by atoms with Crippen LogP contribution >= 0.6 is 11.3 Å². The van der Waals surface area contributed by atoms with Crippen LogP contribution < -0.4 is 20.9 Å². The van der Waals surface area contributed by atoms with Crippen LogP contribution in [-0.2, 0) is 0 Å². The molecule has 0 saturated heterocycles. The van der Waals surface area contributed by atoms with Gasteiger partial charge in [-0.05, 0) is 61.6 Å². The van der Waals surface area contributed by atoms with E-state index in [1.165, 1.54) is 41.5 Å². The third-order valence-electron chi connectivity index (χ3n) is 5.61. The van der Waals surface area contributed by atoms with Gasteiger partial charge in [-0.1, -0.05) is 29.9 Å². The summed E-state index contributed by atoms with van der Waals surface area (Å²) < 4.78 is 8.35. The van der Waals surface area contributed by atoms with Gasteiger partial charge in [0.15, 0.2) is 5.49 Å². The Morgan fingerprint density at radius 3 is 2.62 bits per heavy atom. The maximum absolute atomic E-state index is 12.6. The zero-order valence-electron chi connectivity index (χ0n) is 17.1. The first kappa shape index (κ1) is 20.2. The Balaban J connectivity index is 1.56. The summed E-state index contributed by atoms with van der Waals surface area (Å²) in [5.41, 5.74) is 1.79. The van der Waals surface area contributed by atoms with Crippen molar-refractivity contribution in [2.24, 2.45) is 0 Å². The van der Waals surface area contributed by atoms with Gasteiger partial charge in [0.2, 0.25) is 5.13 Å². The van der Waals surface area contributed by atoms with Crippen LogP contribution in [0, 0.1) is 5.41 Å². The summed E-state index contributed by atoms with van der Waals surface area (Å²) in [6.07, 6.45) is 7.14. The van der Waals surface area contributed by atoms with Crippen molar-refractivity contribution in [3.63, 3.8) is 0 Å². The van der Waals surface area contributed by atoms with Crippen LogP contribution in [0.3, 0.4) is 0 Å². The number of carboxylic acid groups (broad SMARTS) is 1. The van der Waals surface area contributed by atoms with Gasteiger partial charge in [-0.3, -0.25) is 15.3 Å². The van der Waals surface area contributed by atoms with E-state index >= 15 is 0 Å². The van der Waals surface area contributed by atoms with E-state index in [1.807, 2.05) is 0 Å². The second-order valence-electron chi connectivity index (χ2n) is 7.73. The monoisotopic (exact) mass is 448 g/mol. The van der Waals surface area contributed by atoms with Crippen molar-refractivity contribution in [3.8, 4) is 16.5 Å². The van der Waals surface area contributed by atoms with E-state index in [4.69, 9.17) is 14.9 Å². The van der Waals surface area contributed by atoms with Crippen LogP contribution in [0.15, 0.2) is 45.6 Å². The van der Waals surface area contributed by atoms with E-state index in [2.05, 4.69) is 10.1 Å². The number of aromatic amines is 1. The number of furan rings is 1. The quantitative estimate of drug-likeness (QED) is 0.444. The summed E-state index contributed by atoms with van der Waals surface area (Å²) in [7, 11) is 0. The third kappa shape index (κ3) is 3.71. The van der Waals surface area contributed by atoms with Crippen LogP contribution in [-0.4, -0.2) is 25.8 Å². The average Bonchev–Trinajstić information content (AvgIpc) is 3.45. The van der Waals surface area contributed by atoms with Gasteiger partial charge in [-0.15, -0.1) is 0 Å². The summed E-state index contributed by atoms with van der Waals surface area (Å²) in [6.45, 7) is 0. The summed E-state index contributed by atoms with van der Waals surface area (Å²) in [4.78, 5) is 27.8. The SMILES string of the molecule is N=c1c(=Cc2ccc(-c3ccc(C(=O)O)cc3)o2)c(=O)nc2sc(=C3CCCCC3)[nH]n1-2. The highest BCUT2D eigenvalue weighted by molar-refractivity contribution is 7.11. The average molecular weight is 449 g/mol. The van der Waals surface area contributed by atoms with Crippen LogP contribution in [0.4, 0.5) is 0 Å². The van der Waals surface area contributed by atoms with E-state index in [0.717, 1.165) is 30.3 Å². The predicted molar refractivity (Wildman–Crippen MR) is 120 cm³/mol. The Morgan fingerprint density at radius 2 is 1.91 bits per heavy atom. The van der Waals surface area contributed by atoms with Crippen LogP contribution in [0.1, 0.15) is 48.2 Å². The van der Waals surface area contributed by atoms with E-state index in [0.29, 0.717) is 22.2 Å². The number of fused-ring (bicyclic) bond motifs is 1. The third-order valence-corrected chi connectivity index (χ3v) is 6.65. The number of carbonyl (C=O) groups is 1. The number of hydrogen-bond donors (Lipinski definition) is 3. The Kier molecular flexibility index (Phi) is 5.10. The molecule has 1 saturated carbocycles. The number of nitrogens with one attached hydrogen (secondary N) is 2. The first-order chi connectivity index (χ1) is 15.5. The van der Waals surface area contributed by atoms with Gasteiger partial charge >= 0.3 is 5.97 Å². The summed E-state index contributed by atoms with van der Waals surface area (Å²) in [5, 5.41) is 21.4. The lowest BCUT2D eigenvalue weighted by molar-refractivity contribution is 0.0697. The highest BCUT2D eigenvalue weighted by Gasteiger charge is 2.14. The number of nitrogens with zero attached hydrogens (tertiary/aromatic N) is 2. The van der Waals surface area contributed by atoms with Crippen molar-refractivity contribution in [1.82, 2.24) is 14.8 Å². The maximum atomic E-state index is 12.6. The molecular formula is C23H20N4O4S. The number of benzene rings is 1. The first-order valence-corrected chi connectivity index (χ1v) is 11.1. The molecule has 162 valence electrons. The highest BCUT2D eigenvalue weighted by Crippen LogP contribution is 2.24. The topological polar surface area (TPSA) is 125 Å². The van der Waals surface area contributed by atoms with Gasteiger partial charge in [0.25, 0.3) is 5.56 Å². The van der Waals surface area contributed by atoms with Crippen molar-refractivity contribution in [2.45, 2.75) is 32.1 Å². The summed E-state index contributed by atoms with van der Waals surface area (Å²) >= 11 is 1.41. The molecule has 0 radical (unpaired) electrons. The molecule has 1 aliphatic carbocycles. The fourth-order valence-corrected chi connectivity index (χ4v) is 4.92. The smallest absolute Gasteiger partial charge is 0.335 e. The van der Waals surface area contributed by atoms with Gasteiger partial charge in [0.1, 0.15) is 16.2 Å². The van der Waals surface area contributed by atoms with E-state index in [9.17, 15) is 9.59 Å². The molecule has 0 amide bonds. The van der Waals surface area contributed by atoms with Gasteiger partial charge in [-0.25, -0.2) is 9.48 Å². The van der Waals surface area contributed by atoms with Crippen molar-refractivity contribution >= 4 is 29.0 Å². The molecule has 3 heterocycles. The molecule has 0 atom stereocenters. The molecule has 5 rings (SSSR count). The van der Waals surface area contributed by atoms with Crippen LogP contribution in [0.5, 0.6) is 0 Å². The lowest BCUT2D eigenvalue weighted by Crippen LogP contribution is -2.47. The molecule has 3 aliphatic rings.